The fourth-order valence-electron chi connectivity index (χ4n) is 4.22. The molecule has 1 aliphatic heterocycles. The Morgan fingerprint density at radius 2 is 1.81 bits per heavy atom. The number of aryl methyl sites for hydroxylation is 2. The predicted molar refractivity (Wildman–Crippen MR) is 128 cm³/mol. The summed E-state index contributed by atoms with van der Waals surface area (Å²) in [5.74, 6) is 0.936. The number of anilines is 1. The molecular weight excluding hydrogens is 420 g/mol. The molecule has 1 aliphatic rings. The fourth-order valence-corrected chi connectivity index (χ4v) is 5.27. The van der Waals surface area contributed by atoms with Crippen LogP contribution in [0.1, 0.15) is 48.0 Å². The van der Waals surface area contributed by atoms with Crippen molar-refractivity contribution in [1.29, 1.82) is 0 Å². The Bertz CT molecular complexity index is 1150. The summed E-state index contributed by atoms with van der Waals surface area (Å²) in [6.07, 6.45) is 6.96. The number of benzene rings is 2. The van der Waals surface area contributed by atoms with E-state index in [2.05, 4.69) is 32.6 Å². The van der Waals surface area contributed by atoms with Gasteiger partial charge in [-0.25, -0.2) is 13.4 Å². The Hall–Kier alpha value is -2.64. The maximum absolute atomic E-state index is 12.9. The van der Waals surface area contributed by atoms with Crippen LogP contribution in [0.25, 0.3) is 0 Å². The highest BCUT2D eigenvalue weighted by atomic mass is 32.2. The number of rotatable bonds is 8. The van der Waals surface area contributed by atoms with Crippen LogP contribution in [0, 0.1) is 6.92 Å². The Kier molecular flexibility index (Phi) is 6.96. The number of unbranched alkanes of at least 4 members (excludes halogenated alkanes) is 1. The SMILES string of the molecule is CCCCc1ccc(S(=O)(=O)Nc2ccc3c(c2)CCN(Cc2cnc(C)[nH]2)CC3)cc1. The number of sulfonamides is 1. The highest BCUT2D eigenvalue weighted by Gasteiger charge is 2.18. The first-order chi connectivity index (χ1) is 15.4. The van der Waals surface area contributed by atoms with Crippen molar-refractivity contribution in [2.45, 2.75) is 57.4 Å². The number of H-pyrrole nitrogens is 1. The van der Waals surface area contributed by atoms with Gasteiger partial charge < -0.3 is 4.98 Å². The molecule has 0 fully saturated rings. The Morgan fingerprint density at radius 1 is 1.06 bits per heavy atom. The summed E-state index contributed by atoms with van der Waals surface area (Å²) in [6.45, 7) is 6.87. The molecule has 32 heavy (non-hydrogen) atoms. The first-order valence-electron chi connectivity index (χ1n) is 11.4. The lowest BCUT2D eigenvalue weighted by Crippen LogP contribution is -2.26. The predicted octanol–water partition coefficient (Wildman–Crippen LogP) is 4.46. The second-order valence-electron chi connectivity index (χ2n) is 8.61. The van der Waals surface area contributed by atoms with Gasteiger partial charge in [-0.3, -0.25) is 9.62 Å². The first kappa shape index (κ1) is 22.6. The molecule has 0 saturated heterocycles. The van der Waals surface area contributed by atoms with Crippen LogP contribution in [0.15, 0.2) is 53.6 Å². The zero-order chi connectivity index (χ0) is 22.6. The molecule has 0 saturated carbocycles. The molecule has 1 aromatic heterocycles. The van der Waals surface area contributed by atoms with Crippen molar-refractivity contribution in [3.8, 4) is 0 Å². The van der Waals surface area contributed by atoms with Crippen LogP contribution in [-0.4, -0.2) is 36.4 Å². The van der Waals surface area contributed by atoms with Crippen molar-refractivity contribution in [1.82, 2.24) is 14.9 Å². The smallest absolute Gasteiger partial charge is 0.261 e. The quantitative estimate of drug-likeness (QED) is 0.529. The van der Waals surface area contributed by atoms with E-state index < -0.39 is 10.0 Å². The van der Waals surface area contributed by atoms with Crippen molar-refractivity contribution in [2.24, 2.45) is 0 Å². The molecule has 2 aromatic carbocycles. The van der Waals surface area contributed by atoms with Gasteiger partial charge in [0.25, 0.3) is 10.0 Å². The number of hydrogen-bond donors (Lipinski definition) is 2. The molecule has 0 aliphatic carbocycles. The average Bonchev–Trinajstić information content (AvgIpc) is 3.08. The molecule has 0 radical (unpaired) electrons. The van der Waals surface area contributed by atoms with E-state index in [1.54, 1.807) is 12.1 Å². The zero-order valence-corrected chi connectivity index (χ0v) is 19.7. The van der Waals surface area contributed by atoms with Gasteiger partial charge in [-0.1, -0.05) is 31.5 Å². The maximum Gasteiger partial charge on any atom is 0.261 e. The third-order valence-electron chi connectivity index (χ3n) is 6.06. The summed E-state index contributed by atoms with van der Waals surface area (Å²) in [6, 6.07) is 13.2. The molecular formula is C25H32N4O2S. The Balaban J connectivity index is 1.42. The van der Waals surface area contributed by atoms with Crippen molar-refractivity contribution in [2.75, 3.05) is 17.8 Å². The number of nitrogens with one attached hydrogen (secondary N) is 2. The molecule has 7 heteroatoms. The summed E-state index contributed by atoms with van der Waals surface area (Å²) in [4.78, 5) is 10.3. The third kappa shape index (κ3) is 5.58. The van der Waals surface area contributed by atoms with Gasteiger partial charge in [0.05, 0.1) is 4.90 Å². The van der Waals surface area contributed by atoms with Crippen molar-refractivity contribution in [3.05, 3.63) is 76.9 Å². The minimum absolute atomic E-state index is 0.300. The number of hydrogen-bond acceptors (Lipinski definition) is 4. The van der Waals surface area contributed by atoms with Gasteiger partial charge in [0.1, 0.15) is 5.82 Å². The summed E-state index contributed by atoms with van der Waals surface area (Å²) in [7, 11) is -3.61. The molecule has 0 amide bonds. The van der Waals surface area contributed by atoms with Crippen LogP contribution in [-0.2, 0) is 35.8 Å². The van der Waals surface area contributed by atoms with Gasteiger partial charge in [-0.15, -0.1) is 0 Å². The number of aromatic amines is 1. The normalized spacial score (nSPS) is 14.7. The number of aromatic nitrogens is 2. The monoisotopic (exact) mass is 452 g/mol. The minimum atomic E-state index is -3.61. The van der Waals surface area contributed by atoms with E-state index >= 15 is 0 Å². The van der Waals surface area contributed by atoms with E-state index in [0.29, 0.717) is 10.6 Å². The van der Waals surface area contributed by atoms with Crippen LogP contribution in [0.2, 0.25) is 0 Å². The van der Waals surface area contributed by atoms with E-state index in [-0.39, 0.29) is 0 Å². The van der Waals surface area contributed by atoms with Gasteiger partial charge in [0.15, 0.2) is 0 Å². The molecule has 0 spiro atoms. The molecule has 170 valence electrons. The van der Waals surface area contributed by atoms with Gasteiger partial charge in [-0.2, -0.15) is 0 Å². The van der Waals surface area contributed by atoms with Gasteiger partial charge in [-0.05, 0) is 73.6 Å². The average molecular weight is 453 g/mol. The molecule has 6 nitrogen and oxygen atoms in total. The van der Waals surface area contributed by atoms with Crippen molar-refractivity contribution >= 4 is 15.7 Å². The molecule has 3 aromatic rings. The standard InChI is InChI=1S/C25H32N4O2S/c1-3-4-5-20-6-10-25(11-7-20)32(30,31)28-23-9-8-21-12-14-29(15-13-22(21)16-23)18-24-17-26-19(2)27-24/h6-11,16-17,28H,3-5,12-15,18H2,1-2H3,(H,26,27). The van der Waals surface area contributed by atoms with Crippen LogP contribution in [0.4, 0.5) is 5.69 Å². The van der Waals surface area contributed by atoms with E-state index in [1.807, 2.05) is 37.4 Å². The molecule has 0 unspecified atom stereocenters. The lowest BCUT2D eigenvalue weighted by molar-refractivity contribution is 0.276. The maximum atomic E-state index is 12.9. The lowest BCUT2D eigenvalue weighted by Gasteiger charge is -2.18. The summed E-state index contributed by atoms with van der Waals surface area (Å²) in [5.41, 5.74) is 5.42. The van der Waals surface area contributed by atoms with E-state index in [0.717, 1.165) is 63.3 Å². The number of nitrogens with zero attached hydrogens (tertiary/aromatic N) is 2. The van der Waals surface area contributed by atoms with Gasteiger partial charge >= 0.3 is 0 Å². The van der Waals surface area contributed by atoms with Gasteiger partial charge in [0.2, 0.25) is 0 Å². The number of fused-ring (bicyclic) bond motifs is 1. The molecule has 4 rings (SSSR count). The first-order valence-corrected chi connectivity index (χ1v) is 12.9. The minimum Gasteiger partial charge on any atom is -0.345 e. The highest BCUT2D eigenvalue weighted by Crippen LogP contribution is 2.24. The second-order valence-corrected chi connectivity index (χ2v) is 10.3. The Labute approximate surface area is 191 Å². The lowest BCUT2D eigenvalue weighted by atomic mass is 10.0. The van der Waals surface area contributed by atoms with E-state index in [1.165, 1.54) is 16.7 Å². The Morgan fingerprint density at radius 3 is 2.50 bits per heavy atom. The van der Waals surface area contributed by atoms with Gasteiger partial charge in [0, 0.05) is 37.2 Å². The molecule has 2 N–H and O–H groups in total. The summed E-state index contributed by atoms with van der Waals surface area (Å²) < 4.78 is 28.5. The van der Waals surface area contributed by atoms with Crippen molar-refractivity contribution < 1.29 is 8.42 Å². The molecule has 0 bridgehead atoms. The zero-order valence-electron chi connectivity index (χ0n) is 18.9. The topological polar surface area (TPSA) is 78.1 Å². The van der Waals surface area contributed by atoms with Crippen molar-refractivity contribution in [3.63, 3.8) is 0 Å². The van der Waals surface area contributed by atoms with Crippen LogP contribution in [0.3, 0.4) is 0 Å². The molecule has 0 atom stereocenters. The van der Waals surface area contributed by atoms with Crippen LogP contribution in [0.5, 0.6) is 0 Å². The van der Waals surface area contributed by atoms with E-state index in [4.69, 9.17) is 0 Å². The van der Waals surface area contributed by atoms with Crippen LogP contribution >= 0.6 is 0 Å². The third-order valence-corrected chi connectivity index (χ3v) is 7.45. The second kappa shape index (κ2) is 9.88. The van der Waals surface area contributed by atoms with Crippen LogP contribution < -0.4 is 4.72 Å². The number of imidazole rings is 1. The summed E-state index contributed by atoms with van der Waals surface area (Å²) >= 11 is 0. The highest BCUT2D eigenvalue weighted by molar-refractivity contribution is 7.92. The largest absolute Gasteiger partial charge is 0.345 e. The summed E-state index contributed by atoms with van der Waals surface area (Å²) in [5, 5.41) is 0. The fraction of sp³-hybridized carbons (Fsp3) is 0.400. The molecule has 2 heterocycles. The van der Waals surface area contributed by atoms with E-state index in [9.17, 15) is 8.42 Å².